The zero-order chi connectivity index (χ0) is 12.2. The molecule has 0 saturated heterocycles. The molecule has 0 N–H and O–H groups in total. The van der Waals surface area contributed by atoms with E-state index >= 15 is 0 Å². The lowest BCUT2D eigenvalue weighted by Crippen LogP contribution is -2.33. The number of hydrogen-bond acceptors (Lipinski definition) is 3. The topological polar surface area (TPSA) is 55.2 Å². The van der Waals surface area contributed by atoms with Crippen molar-refractivity contribution in [3.8, 4) is 0 Å². The Kier molecular flexibility index (Phi) is 4.76. The smallest absolute Gasteiger partial charge is 0.256 e. The number of sulfonamides is 1. The van der Waals surface area contributed by atoms with Gasteiger partial charge in [0, 0.05) is 26.0 Å². The predicted octanol–water partition coefficient (Wildman–Crippen LogP) is 1.06. The van der Waals surface area contributed by atoms with Gasteiger partial charge in [0.15, 0.2) is 5.03 Å². The minimum absolute atomic E-state index is 0.212. The molecule has 0 aliphatic heterocycles. The van der Waals surface area contributed by atoms with Crippen LogP contribution in [-0.2, 0) is 17.1 Å². The van der Waals surface area contributed by atoms with Crippen LogP contribution in [0.2, 0.25) is 0 Å². The van der Waals surface area contributed by atoms with E-state index in [9.17, 15) is 8.42 Å². The number of alkyl halides is 1. The van der Waals surface area contributed by atoms with Crippen LogP contribution in [0.25, 0.3) is 0 Å². The van der Waals surface area contributed by atoms with Gasteiger partial charge in [-0.05, 0) is 12.5 Å². The molecule has 1 heterocycles. The van der Waals surface area contributed by atoms with Crippen molar-refractivity contribution < 1.29 is 8.42 Å². The molecule has 0 unspecified atom stereocenters. The van der Waals surface area contributed by atoms with E-state index in [2.05, 4.69) is 5.10 Å². The number of halogens is 1. The average molecular weight is 266 g/mol. The van der Waals surface area contributed by atoms with E-state index in [1.165, 1.54) is 21.3 Å². The first kappa shape index (κ1) is 13.5. The lowest BCUT2D eigenvalue weighted by atomic mass is 10.5. The maximum atomic E-state index is 12.2. The number of aryl methyl sites for hydroxylation is 1. The Balaban J connectivity index is 2.95. The number of rotatable bonds is 6. The first-order chi connectivity index (χ1) is 7.54. The lowest BCUT2D eigenvalue weighted by Gasteiger charge is -2.19. The second kappa shape index (κ2) is 5.65. The predicted molar refractivity (Wildman–Crippen MR) is 63.0 cm³/mol. The van der Waals surface area contributed by atoms with Crippen LogP contribution in [0.15, 0.2) is 17.3 Å². The molecule has 0 spiro atoms. The van der Waals surface area contributed by atoms with E-state index in [0.29, 0.717) is 25.4 Å². The summed E-state index contributed by atoms with van der Waals surface area (Å²) in [4.78, 5) is 0. The fourth-order valence-corrected chi connectivity index (χ4v) is 3.14. The highest BCUT2D eigenvalue weighted by Crippen LogP contribution is 2.14. The van der Waals surface area contributed by atoms with Gasteiger partial charge in [-0.2, -0.15) is 9.40 Å². The molecule has 5 nitrogen and oxygen atoms in total. The maximum Gasteiger partial charge on any atom is 0.260 e. The normalized spacial score (nSPS) is 12.2. The third kappa shape index (κ3) is 2.75. The van der Waals surface area contributed by atoms with Gasteiger partial charge in [0.05, 0.1) is 6.20 Å². The molecule has 0 aliphatic carbocycles. The summed E-state index contributed by atoms with van der Waals surface area (Å²) in [5.41, 5.74) is 0. The Hall–Kier alpha value is -0.590. The third-order valence-electron chi connectivity index (χ3n) is 2.27. The summed E-state index contributed by atoms with van der Waals surface area (Å²) in [7, 11) is -1.82. The van der Waals surface area contributed by atoms with E-state index in [1.807, 2.05) is 6.92 Å². The molecule has 0 aliphatic rings. The molecule has 7 heteroatoms. The van der Waals surface area contributed by atoms with Crippen LogP contribution in [0.4, 0.5) is 0 Å². The average Bonchev–Trinajstić information content (AvgIpc) is 2.66. The molecule has 1 rings (SSSR count). The molecule has 0 fully saturated rings. The van der Waals surface area contributed by atoms with Crippen LogP contribution < -0.4 is 0 Å². The zero-order valence-electron chi connectivity index (χ0n) is 9.43. The molecule has 0 bridgehead atoms. The first-order valence-corrected chi connectivity index (χ1v) is 7.05. The van der Waals surface area contributed by atoms with E-state index < -0.39 is 10.0 Å². The Bertz CT molecular complexity index is 430. The van der Waals surface area contributed by atoms with E-state index in [-0.39, 0.29) is 5.03 Å². The molecule has 0 radical (unpaired) electrons. The number of nitrogens with zero attached hydrogens (tertiary/aromatic N) is 3. The van der Waals surface area contributed by atoms with Crippen molar-refractivity contribution in [2.45, 2.75) is 18.4 Å². The minimum atomic E-state index is -3.44. The van der Waals surface area contributed by atoms with Gasteiger partial charge in [-0.15, -0.1) is 11.6 Å². The van der Waals surface area contributed by atoms with Gasteiger partial charge in [-0.1, -0.05) is 6.92 Å². The largest absolute Gasteiger partial charge is 0.260 e. The van der Waals surface area contributed by atoms with Crippen molar-refractivity contribution >= 4 is 21.6 Å². The van der Waals surface area contributed by atoms with Crippen molar-refractivity contribution in [2.24, 2.45) is 7.05 Å². The second-order valence-corrected chi connectivity index (χ2v) is 5.60. The molecule has 1 aromatic rings. The summed E-state index contributed by atoms with van der Waals surface area (Å²) < 4.78 is 27.1. The van der Waals surface area contributed by atoms with Gasteiger partial charge < -0.3 is 0 Å². The van der Waals surface area contributed by atoms with Crippen LogP contribution in [-0.4, -0.2) is 41.5 Å². The van der Waals surface area contributed by atoms with Gasteiger partial charge in [0.1, 0.15) is 0 Å². The van der Waals surface area contributed by atoms with E-state index in [4.69, 9.17) is 11.6 Å². The Morgan fingerprint density at radius 2 is 2.25 bits per heavy atom. The van der Waals surface area contributed by atoms with Gasteiger partial charge in [-0.25, -0.2) is 8.42 Å². The molecular formula is C9H16ClN3O2S. The maximum absolute atomic E-state index is 12.2. The highest BCUT2D eigenvalue weighted by molar-refractivity contribution is 7.89. The first-order valence-electron chi connectivity index (χ1n) is 5.08. The zero-order valence-corrected chi connectivity index (χ0v) is 11.0. The van der Waals surface area contributed by atoms with Crippen molar-refractivity contribution in [2.75, 3.05) is 19.0 Å². The van der Waals surface area contributed by atoms with Crippen LogP contribution in [0.5, 0.6) is 0 Å². The van der Waals surface area contributed by atoms with E-state index in [0.717, 1.165) is 0 Å². The summed E-state index contributed by atoms with van der Waals surface area (Å²) in [5.74, 6) is 0.456. The molecule has 0 aromatic carbocycles. The van der Waals surface area contributed by atoms with E-state index in [1.54, 1.807) is 7.05 Å². The molecule has 0 amide bonds. The standard InChI is InChI=1S/C9H16ClN3O2S/c1-3-13(8-4-6-10)16(14,15)9-5-7-11-12(9)2/h5,7H,3-4,6,8H2,1-2H3. The van der Waals surface area contributed by atoms with Crippen molar-refractivity contribution in [1.82, 2.24) is 14.1 Å². The van der Waals surface area contributed by atoms with Crippen molar-refractivity contribution in [3.05, 3.63) is 12.3 Å². The fourth-order valence-electron chi connectivity index (χ4n) is 1.43. The fraction of sp³-hybridized carbons (Fsp3) is 0.667. The summed E-state index contributed by atoms with van der Waals surface area (Å²) in [6.07, 6.45) is 2.12. The van der Waals surface area contributed by atoms with Gasteiger partial charge >= 0.3 is 0 Å². The summed E-state index contributed by atoms with van der Waals surface area (Å²) >= 11 is 5.57. The van der Waals surface area contributed by atoms with Crippen LogP contribution in [0.1, 0.15) is 13.3 Å². The Morgan fingerprint density at radius 3 is 2.69 bits per heavy atom. The summed E-state index contributed by atoms with van der Waals surface area (Å²) in [6, 6.07) is 1.50. The monoisotopic (exact) mass is 265 g/mol. The second-order valence-electron chi connectivity index (χ2n) is 3.33. The molecular weight excluding hydrogens is 250 g/mol. The number of aromatic nitrogens is 2. The summed E-state index contributed by atoms with van der Waals surface area (Å²) in [5, 5.41) is 4.08. The van der Waals surface area contributed by atoms with Crippen LogP contribution >= 0.6 is 11.6 Å². The molecule has 92 valence electrons. The summed E-state index contributed by atoms with van der Waals surface area (Å²) in [6.45, 7) is 2.68. The van der Waals surface area contributed by atoms with Gasteiger partial charge in [0.25, 0.3) is 10.0 Å². The quantitative estimate of drug-likeness (QED) is 0.723. The third-order valence-corrected chi connectivity index (χ3v) is 4.59. The Morgan fingerprint density at radius 1 is 1.56 bits per heavy atom. The van der Waals surface area contributed by atoms with Crippen LogP contribution in [0.3, 0.4) is 0 Å². The molecule has 1 aromatic heterocycles. The van der Waals surface area contributed by atoms with Crippen LogP contribution in [0, 0.1) is 0 Å². The lowest BCUT2D eigenvalue weighted by molar-refractivity contribution is 0.421. The van der Waals surface area contributed by atoms with Crippen molar-refractivity contribution in [3.63, 3.8) is 0 Å². The highest BCUT2D eigenvalue weighted by atomic mass is 35.5. The Labute approximate surface area is 101 Å². The molecule has 0 atom stereocenters. The highest BCUT2D eigenvalue weighted by Gasteiger charge is 2.25. The molecule has 0 saturated carbocycles. The van der Waals surface area contributed by atoms with Gasteiger partial charge in [0.2, 0.25) is 0 Å². The van der Waals surface area contributed by atoms with Gasteiger partial charge in [-0.3, -0.25) is 4.68 Å². The number of hydrogen-bond donors (Lipinski definition) is 0. The minimum Gasteiger partial charge on any atom is -0.256 e. The SMILES string of the molecule is CCN(CCCCl)S(=O)(=O)c1ccnn1C. The van der Waals surface area contributed by atoms with Crippen molar-refractivity contribution in [1.29, 1.82) is 0 Å². The molecule has 16 heavy (non-hydrogen) atoms.